The van der Waals surface area contributed by atoms with E-state index in [0.29, 0.717) is 11.8 Å². The molecule has 3 aromatic rings. The fraction of sp³-hybridized carbons (Fsp3) is 0.412. The average Bonchev–Trinajstić information content (AvgIpc) is 3.28. The minimum absolute atomic E-state index is 0.584. The van der Waals surface area contributed by atoms with Crippen molar-refractivity contribution < 1.29 is 4.52 Å². The van der Waals surface area contributed by atoms with Crippen LogP contribution in [0.5, 0.6) is 0 Å². The molecule has 0 bridgehead atoms. The average molecular weight is 324 g/mol. The summed E-state index contributed by atoms with van der Waals surface area (Å²) in [6.07, 6.45) is 5.77. The van der Waals surface area contributed by atoms with Gasteiger partial charge in [0.25, 0.3) is 5.89 Å². The van der Waals surface area contributed by atoms with Gasteiger partial charge in [-0.1, -0.05) is 23.4 Å². The number of rotatable bonds is 5. The van der Waals surface area contributed by atoms with Crippen LogP contribution in [0.4, 0.5) is 0 Å². The molecule has 1 atom stereocenters. The van der Waals surface area contributed by atoms with E-state index in [4.69, 9.17) is 4.52 Å². The highest BCUT2D eigenvalue weighted by molar-refractivity contribution is 5.51. The van der Waals surface area contributed by atoms with Gasteiger partial charge in [0.2, 0.25) is 0 Å². The standard InChI is InChI=1S/C17H20N6O/c1-2-6-15(7-3-1)17-20-16(21-24-17)11-22-8-4-5-14(9-22)10-23-13-18-12-19-23/h1-3,6-7,12-14H,4-5,8-11H2/t14-/m1/s1. The van der Waals surface area contributed by atoms with Crippen molar-refractivity contribution in [3.8, 4) is 11.5 Å². The molecule has 0 radical (unpaired) electrons. The maximum atomic E-state index is 5.39. The first-order valence-corrected chi connectivity index (χ1v) is 8.29. The summed E-state index contributed by atoms with van der Waals surface area (Å²) < 4.78 is 7.31. The molecular weight excluding hydrogens is 304 g/mol. The lowest BCUT2D eigenvalue weighted by Gasteiger charge is -2.31. The Morgan fingerprint density at radius 1 is 1.21 bits per heavy atom. The maximum absolute atomic E-state index is 5.39. The molecule has 0 unspecified atom stereocenters. The van der Waals surface area contributed by atoms with Crippen LogP contribution >= 0.6 is 0 Å². The first kappa shape index (κ1) is 15.0. The van der Waals surface area contributed by atoms with Crippen molar-refractivity contribution in [2.75, 3.05) is 13.1 Å². The molecule has 1 fully saturated rings. The van der Waals surface area contributed by atoms with Gasteiger partial charge in [0.15, 0.2) is 5.82 Å². The summed E-state index contributed by atoms with van der Waals surface area (Å²) in [5.41, 5.74) is 0.957. The van der Waals surface area contributed by atoms with Crippen LogP contribution in [-0.4, -0.2) is 42.9 Å². The molecule has 2 aromatic heterocycles. The molecule has 24 heavy (non-hydrogen) atoms. The first-order chi connectivity index (χ1) is 11.9. The minimum atomic E-state index is 0.584. The molecule has 1 aromatic carbocycles. The third kappa shape index (κ3) is 3.51. The SMILES string of the molecule is c1ccc(-c2nc(CN3CCC[C@@H](Cn4cncn4)C3)no2)cc1. The van der Waals surface area contributed by atoms with Gasteiger partial charge in [-0.2, -0.15) is 10.1 Å². The normalized spacial score (nSPS) is 18.8. The van der Waals surface area contributed by atoms with Gasteiger partial charge in [0.1, 0.15) is 12.7 Å². The number of likely N-dealkylation sites (tertiary alicyclic amines) is 1. The lowest BCUT2D eigenvalue weighted by atomic mass is 9.98. The van der Waals surface area contributed by atoms with E-state index in [1.807, 2.05) is 35.0 Å². The molecule has 3 heterocycles. The van der Waals surface area contributed by atoms with Gasteiger partial charge in [0.05, 0.1) is 6.54 Å². The van der Waals surface area contributed by atoms with Gasteiger partial charge in [0, 0.05) is 18.7 Å². The summed E-state index contributed by atoms with van der Waals surface area (Å²) in [6, 6.07) is 9.87. The smallest absolute Gasteiger partial charge is 0.257 e. The van der Waals surface area contributed by atoms with Gasteiger partial charge in [-0.25, -0.2) is 4.98 Å². The molecule has 0 spiro atoms. The summed E-state index contributed by atoms with van der Waals surface area (Å²) in [5, 5.41) is 8.34. The van der Waals surface area contributed by atoms with Gasteiger partial charge in [-0.15, -0.1) is 0 Å². The van der Waals surface area contributed by atoms with E-state index in [2.05, 4.69) is 25.1 Å². The van der Waals surface area contributed by atoms with E-state index < -0.39 is 0 Å². The first-order valence-electron chi connectivity index (χ1n) is 8.29. The summed E-state index contributed by atoms with van der Waals surface area (Å²) in [4.78, 5) is 10.9. The van der Waals surface area contributed by atoms with Gasteiger partial charge < -0.3 is 4.52 Å². The molecule has 0 saturated carbocycles. The maximum Gasteiger partial charge on any atom is 0.257 e. The number of piperidine rings is 1. The Labute approximate surface area is 140 Å². The van der Waals surface area contributed by atoms with E-state index in [0.717, 1.165) is 37.6 Å². The second kappa shape index (κ2) is 6.92. The number of benzene rings is 1. The van der Waals surface area contributed by atoms with E-state index >= 15 is 0 Å². The van der Waals surface area contributed by atoms with Crippen LogP contribution in [0.3, 0.4) is 0 Å². The second-order valence-electron chi connectivity index (χ2n) is 6.24. The molecule has 0 aliphatic carbocycles. The molecule has 4 rings (SSSR count). The molecule has 1 saturated heterocycles. The molecule has 0 amide bonds. The van der Waals surface area contributed by atoms with Crippen molar-refractivity contribution in [2.45, 2.75) is 25.9 Å². The largest absolute Gasteiger partial charge is 0.334 e. The summed E-state index contributed by atoms with van der Waals surface area (Å²) in [7, 11) is 0. The molecule has 1 aliphatic heterocycles. The van der Waals surface area contributed by atoms with Crippen molar-refractivity contribution >= 4 is 0 Å². The third-order valence-corrected chi connectivity index (χ3v) is 4.37. The highest BCUT2D eigenvalue weighted by atomic mass is 16.5. The van der Waals surface area contributed by atoms with Crippen molar-refractivity contribution in [3.63, 3.8) is 0 Å². The molecule has 0 N–H and O–H groups in total. The van der Waals surface area contributed by atoms with Crippen LogP contribution < -0.4 is 0 Å². The predicted molar refractivity (Wildman–Crippen MR) is 87.8 cm³/mol. The third-order valence-electron chi connectivity index (χ3n) is 4.37. The van der Waals surface area contributed by atoms with Crippen LogP contribution in [0, 0.1) is 5.92 Å². The highest BCUT2D eigenvalue weighted by Gasteiger charge is 2.22. The van der Waals surface area contributed by atoms with Crippen LogP contribution in [0.2, 0.25) is 0 Å². The Hall–Kier alpha value is -2.54. The Kier molecular flexibility index (Phi) is 4.33. The van der Waals surface area contributed by atoms with E-state index in [1.165, 1.54) is 12.8 Å². The van der Waals surface area contributed by atoms with Crippen LogP contribution in [-0.2, 0) is 13.1 Å². The van der Waals surface area contributed by atoms with Gasteiger partial charge in [-0.05, 0) is 37.4 Å². The van der Waals surface area contributed by atoms with Gasteiger partial charge in [-0.3, -0.25) is 9.58 Å². The lowest BCUT2D eigenvalue weighted by Crippen LogP contribution is -2.36. The zero-order valence-electron chi connectivity index (χ0n) is 13.5. The molecular formula is C17H20N6O. The number of aromatic nitrogens is 5. The fourth-order valence-corrected chi connectivity index (χ4v) is 3.25. The Bertz CT molecular complexity index is 755. The topological polar surface area (TPSA) is 72.9 Å². The zero-order valence-corrected chi connectivity index (χ0v) is 13.5. The number of hydrogen-bond acceptors (Lipinski definition) is 6. The second-order valence-corrected chi connectivity index (χ2v) is 6.24. The van der Waals surface area contributed by atoms with Crippen LogP contribution in [0.15, 0.2) is 47.5 Å². The molecule has 124 valence electrons. The zero-order chi connectivity index (χ0) is 16.2. The Morgan fingerprint density at radius 3 is 2.96 bits per heavy atom. The van der Waals surface area contributed by atoms with Crippen molar-refractivity contribution in [2.24, 2.45) is 5.92 Å². The number of hydrogen-bond donors (Lipinski definition) is 0. The van der Waals surface area contributed by atoms with Crippen molar-refractivity contribution in [1.29, 1.82) is 0 Å². The lowest BCUT2D eigenvalue weighted by molar-refractivity contribution is 0.149. The quantitative estimate of drug-likeness (QED) is 0.716. The molecule has 7 heteroatoms. The Balaban J connectivity index is 1.37. The van der Waals surface area contributed by atoms with Crippen LogP contribution in [0.1, 0.15) is 18.7 Å². The molecule has 7 nitrogen and oxygen atoms in total. The summed E-state index contributed by atoms with van der Waals surface area (Å²) >= 11 is 0. The Morgan fingerprint density at radius 2 is 2.12 bits per heavy atom. The highest BCUT2D eigenvalue weighted by Crippen LogP contribution is 2.21. The van der Waals surface area contributed by atoms with Gasteiger partial charge >= 0.3 is 0 Å². The van der Waals surface area contributed by atoms with E-state index in [-0.39, 0.29) is 0 Å². The van der Waals surface area contributed by atoms with E-state index in [9.17, 15) is 0 Å². The predicted octanol–water partition coefficient (Wildman–Crippen LogP) is 2.24. The van der Waals surface area contributed by atoms with E-state index in [1.54, 1.807) is 12.7 Å². The van der Waals surface area contributed by atoms with Crippen LogP contribution in [0.25, 0.3) is 11.5 Å². The van der Waals surface area contributed by atoms with Crippen molar-refractivity contribution in [1.82, 2.24) is 29.8 Å². The van der Waals surface area contributed by atoms with Crippen molar-refractivity contribution in [3.05, 3.63) is 48.8 Å². The number of nitrogens with zero attached hydrogens (tertiary/aromatic N) is 6. The summed E-state index contributed by atoms with van der Waals surface area (Å²) in [6.45, 7) is 3.74. The minimum Gasteiger partial charge on any atom is -0.334 e. The molecule has 1 aliphatic rings. The summed E-state index contributed by atoms with van der Waals surface area (Å²) in [5.74, 6) is 1.91. The fourth-order valence-electron chi connectivity index (χ4n) is 3.25. The monoisotopic (exact) mass is 324 g/mol.